The molecule has 0 saturated carbocycles. The lowest BCUT2D eigenvalue weighted by Gasteiger charge is -2.22. The number of piperidine rings is 1. The van der Waals surface area contributed by atoms with Crippen LogP contribution in [0.2, 0.25) is 0 Å². The van der Waals surface area contributed by atoms with Crippen LogP contribution in [0.1, 0.15) is 30.7 Å². The summed E-state index contributed by atoms with van der Waals surface area (Å²) in [5.41, 5.74) is 0. The predicted molar refractivity (Wildman–Crippen MR) is 75.9 cm³/mol. The van der Waals surface area contributed by atoms with Gasteiger partial charge < -0.3 is 19.3 Å². The number of ether oxygens (including phenoxy) is 2. The highest BCUT2D eigenvalue weighted by Crippen LogP contribution is 2.24. The zero-order valence-electron chi connectivity index (χ0n) is 11.5. The number of aromatic nitrogens is 2. The second-order valence-electron chi connectivity index (χ2n) is 5.05. The van der Waals surface area contributed by atoms with E-state index in [1.54, 1.807) is 0 Å². The molecule has 0 bridgehead atoms. The minimum absolute atomic E-state index is 0.0170. The molecule has 2 aliphatic rings. The lowest BCUT2D eigenvalue weighted by Crippen LogP contribution is -2.32. The molecule has 3 rings (SSSR count). The van der Waals surface area contributed by atoms with E-state index in [-0.39, 0.29) is 6.10 Å². The van der Waals surface area contributed by atoms with Crippen molar-refractivity contribution in [3.63, 3.8) is 0 Å². The van der Waals surface area contributed by atoms with Crippen molar-refractivity contribution in [2.75, 3.05) is 37.8 Å². The topological polar surface area (TPSA) is 69.4 Å². The molecule has 2 aliphatic heterocycles. The highest BCUT2D eigenvalue weighted by atomic mass is 32.2. The van der Waals surface area contributed by atoms with Gasteiger partial charge in [0.1, 0.15) is 6.10 Å². The van der Waals surface area contributed by atoms with Gasteiger partial charge in [-0.25, -0.2) is 0 Å². The minimum atomic E-state index is -0.0170. The fourth-order valence-electron chi connectivity index (χ4n) is 2.41. The highest BCUT2D eigenvalue weighted by Gasteiger charge is 2.22. The lowest BCUT2D eigenvalue weighted by atomic mass is 10.1. The third-order valence-corrected chi connectivity index (χ3v) is 4.54. The van der Waals surface area contributed by atoms with Crippen molar-refractivity contribution in [3.8, 4) is 0 Å². The van der Waals surface area contributed by atoms with Crippen LogP contribution in [0.25, 0.3) is 0 Å². The first-order valence-electron chi connectivity index (χ1n) is 7.26. The fraction of sp³-hybridized carbons (Fsp3) is 0.846. The first kappa shape index (κ1) is 14.3. The van der Waals surface area contributed by atoms with Crippen molar-refractivity contribution in [1.29, 1.82) is 0 Å². The summed E-state index contributed by atoms with van der Waals surface area (Å²) in [4.78, 5) is 4.41. The molecule has 112 valence electrons. The van der Waals surface area contributed by atoms with Gasteiger partial charge in [0.2, 0.25) is 11.7 Å². The monoisotopic (exact) mass is 299 g/mol. The Morgan fingerprint density at radius 1 is 1.35 bits per heavy atom. The van der Waals surface area contributed by atoms with Gasteiger partial charge in [-0.2, -0.15) is 16.7 Å². The van der Waals surface area contributed by atoms with Crippen molar-refractivity contribution in [2.45, 2.75) is 31.5 Å². The minimum Gasteiger partial charge on any atom is -0.378 e. The van der Waals surface area contributed by atoms with Crippen LogP contribution in [0.5, 0.6) is 0 Å². The molecule has 1 aromatic heterocycles. The molecule has 0 amide bonds. The molecular weight excluding hydrogens is 278 g/mol. The van der Waals surface area contributed by atoms with Crippen LogP contribution in [-0.4, -0.2) is 54.1 Å². The summed E-state index contributed by atoms with van der Waals surface area (Å²) in [6.07, 6.45) is 3.20. The SMILES string of the molecule is C1CC(OCCc2nc(C3CSCCO3)no2)CCN1. The molecular formula is C13H21N3O3S. The van der Waals surface area contributed by atoms with E-state index in [0.29, 0.717) is 30.8 Å². The van der Waals surface area contributed by atoms with Gasteiger partial charge in [-0.3, -0.25) is 0 Å². The fourth-order valence-corrected chi connectivity index (χ4v) is 3.25. The quantitative estimate of drug-likeness (QED) is 0.875. The van der Waals surface area contributed by atoms with E-state index in [1.165, 1.54) is 0 Å². The molecule has 2 saturated heterocycles. The Bertz CT molecular complexity index is 403. The number of nitrogens with zero attached hydrogens (tertiary/aromatic N) is 2. The van der Waals surface area contributed by atoms with E-state index in [2.05, 4.69) is 15.5 Å². The van der Waals surface area contributed by atoms with Gasteiger partial charge in [0, 0.05) is 11.5 Å². The van der Waals surface area contributed by atoms with Crippen molar-refractivity contribution in [3.05, 3.63) is 11.7 Å². The maximum absolute atomic E-state index is 5.84. The Kier molecular flexibility index (Phi) is 5.30. The van der Waals surface area contributed by atoms with Gasteiger partial charge in [0.25, 0.3) is 0 Å². The van der Waals surface area contributed by atoms with E-state index < -0.39 is 0 Å². The first-order chi connectivity index (χ1) is 9.92. The molecule has 0 spiro atoms. The second-order valence-corrected chi connectivity index (χ2v) is 6.20. The lowest BCUT2D eigenvalue weighted by molar-refractivity contribution is 0.0322. The molecule has 0 aliphatic carbocycles. The van der Waals surface area contributed by atoms with Crippen LogP contribution in [0.4, 0.5) is 0 Å². The van der Waals surface area contributed by atoms with Gasteiger partial charge in [-0.15, -0.1) is 0 Å². The van der Waals surface area contributed by atoms with E-state index >= 15 is 0 Å². The average molecular weight is 299 g/mol. The van der Waals surface area contributed by atoms with Gasteiger partial charge >= 0.3 is 0 Å². The van der Waals surface area contributed by atoms with Gasteiger partial charge in [-0.05, 0) is 25.9 Å². The number of thioether (sulfide) groups is 1. The van der Waals surface area contributed by atoms with Crippen LogP contribution >= 0.6 is 11.8 Å². The smallest absolute Gasteiger partial charge is 0.229 e. The molecule has 1 aromatic rings. The van der Waals surface area contributed by atoms with Gasteiger partial charge in [0.05, 0.1) is 25.7 Å². The molecule has 1 N–H and O–H groups in total. The number of hydrogen-bond acceptors (Lipinski definition) is 7. The molecule has 0 radical (unpaired) electrons. The Morgan fingerprint density at radius 3 is 3.05 bits per heavy atom. The Balaban J connectivity index is 1.42. The van der Waals surface area contributed by atoms with Crippen LogP contribution in [0.3, 0.4) is 0 Å². The summed E-state index contributed by atoms with van der Waals surface area (Å²) in [5, 5.41) is 7.34. The third kappa shape index (κ3) is 3.94. The molecule has 1 unspecified atom stereocenters. The largest absolute Gasteiger partial charge is 0.378 e. The molecule has 2 fully saturated rings. The van der Waals surface area contributed by atoms with Crippen LogP contribution in [0, 0.1) is 0 Å². The van der Waals surface area contributed by atoms with Gasteiger partial charge in [0.15, 0.2) is 0 Å². The standard InChI is InChI=1S/C13H21N3O3S/c1-4-14-5-2-10(1)17-6-3-12-15-13(16-19-12)11-9-20-8-7-18-11/h10-11,14H,1-9H2. The predicted octanol–water partition coefficient (Wildman–Crippen LogP) is 1.19. The molecule has 7 heteroatoms. The van der Waals surface area contributed by atoms with Crippen molar-refractivity contribution in [1.82, 2.24) is 15.5 Å². The Morgan fingerprint density at radius 2 is 2.25 bits per heavy atom. The van der Waals surface area contributed by atoms with Crippen molar-refractivity contribution < 1.29 is 14.0 Å². The van der Waals surface area contributed by atoms with Crippen molar-refractivity contribution in [2.24, 2.45) is 0 Å². The molecule has 0 aromatic carbocycles. The maximum atomic E-state index is 5.84. The summed E-state index contributed by atoms with van der Waals surface area (Å²) >= 11 is 1.87. The molecule has 20 heavy (non-hydrogen) atoms. The maximum Gasteiger partial charge on any atom is 0.229 e. The first-order valence-corrected chi connectivity index (χ1v) is 8.41. The normalized spacial score (nSPS) is 24.9. The number of rotatable bonds is 5. The summed E-state index contributed by atoms with van der Waals surface area (Å²) < 4.78 is 16.7. The molecule has 1 atom stereocenters. The number of nitrogens with one attached hydrogen (secondary N) is 1. The van der Waals surface area contributed by atoms with Crippen molar-refractivity contribution >= 4 is 11.8 Å². The molecule has 3 heterocycles. The number of hydrogen-bond donors (Lipinski definition) is 1. The van der Waals surface area contributed by atoms with E-state index in [1.807, 2.05) is 11.8 Å². The zero-order valence-corrected chi connectivity index (χ0v) is 12.4. The summed E-state index contributed by atoms with van der Waals surface area (Å²) in [5.74, 6) is 3.28. The Hall–Kier alpha value is -0.630. The van der Waals surface area contributed by atoms with E-state index in [4.69, 9.17) is 14.0 Å². The second kappa shape index (κ2) is 7.40. The van der Waals surface area contributed by atoms with E-state index in [9.17, 15) is 0 Å². The summed E-state index contributed by atoms with van der Waals surface area (Å²) in [6.45, 7) is 3.50. The zero-order chi connectivity index (χ0) is 13.6. The van der Waals surface area contributed by atoms with Gasteiger partial charge in [-0.1, -0.05) is 5.16 Å². The third-order valence-electron chi connectivity index (χ3n) is 3.54. The average Bonchev–Trinajstić information content (AvgIpc) is 2.98. The van der Waals surface area contributed by atoms with E-state index in [0.717, 1.165) is 44.0 Å². The van der Waals surface area contributed by atoms with Crippen LogP contribution in [0.15, 0.2) is 4.52 Å². The highest BCUT2D eigenvalue weighted by molar-refractivity contribution is 7.99. The Labute approximate surface area is 123 Å². The van der Waals surface area contributed by atoms with Crippen LogP contribution in [-0.2, 0) is 15.9 Å². The summed E-state index contributed by atoms with van der Waals surface area (Å²) in [7, 11) is 0. The summed E-state index contributed by atoms with van der Waals surface area (Å²) in [6, 6.07) is 0. The van der Waals surface area contributed by atoms with Crippen LogP contribution < -0.4 is 5.32 Å². The molecule has 6 nitrogen and oxygen atoms in total.